The molecule has 1 fully saturated rings. The van der Waals surface area contributed by atoms with E-state index in [0.29, 0.717) is 11.5 Å². The molecule has 0 aromatic carbocycles. The minimum Gasteiger partial charge on any atom is -0.383 e. The second-order valence-electron chi connectivity index (χ2n) is 7.01. The van der Waals surface area contributed by atoms with E-state index in [2.05, 4.69) is 19.2 Å². The van der Waals surface area contributed by atoms with Gasteiger partial charge in [-0.3, -0.25) is 0 Å². The number of methoxy groups -OCH3 is 2. The lowest BCUT2D eigenvalue weighted by Gasteiger charge is -2.42. The molecule has 1 unspecified atom stereocenters. The van der Waals surface area contributed by atoms with E-state index in [-0.39, 0.29) is 0 Å². The lowest BCUT2D eigenvalue weighted by molar-refractivity contribution is 0.0344. The minimum atomic E-state index is 0.362. The van der Waals surface area contributed by atoms with Crippen molar-refractivity contribution in [3.05, 3.63) is 0 Å². The van der Waals surface area contributed by atoms with Crippen molar-refractivity contribution in [1.29, 1.82) is 0 Å². The molecule has 0 spiro atoms. The number of rotatable bonds is 11. The SMILES string of the molecule is CCCCC1CCC(CNCCOC)(CC(C)OC)CC1. The van der Waals surface area contributed by atoms with Crippen LogP contribution >= 0.6 is 0 Å². The summed E-state index contributed by atoms with van der Waals surface area (Å²) in [6, 6.07) is 0. The second-order valence-corrected chi connectivity index (χ2v) is 7.01. The van der Waals surface area contributed by atoms with E-state index in [1.165, 1.54) is 51.4 Å². The third-order valence-electron chi connectivity index (χ3n) is 5.24. The Morgan fingerprint density at radius 2 is 1.95 bits per heavy atom. The van der Waals surface area contributed by atoms with Gasteiger partial charge in [0, 0.05) is 27.3 Å². The van der Waals surface area contributed by atoms with E-state index in [4.69, 9.17) is 9.47 Å². The fraction of sp³-hybridized carbons (Fsp3) is 1.00. The van der Waals surface area contributed by atoms with Crippen LogP contribution in [0.5, 0.6) is 0 Å². The molecule has 1 rings (SSSR count). The first-order valence-corrected chi connectivity index (χ1v) is 8.88. The van der Waals surface area contributed by atoms with Crippen molar-refractivity contribution >= 4 is 0 Å². The van der Waals surface area contributed by atoms with Gasteiger partial charge in [-0.15, -0.1) is 0 Å². The van der Waals surface area contributed by atoms with Gasteiger partial charge in [-0.1, -0.05) is 26.2 Å². The van der Waals surface area contributed by atoms with Crippen LogP contribution in [0.15, 0.2) is 0 Å². The van der Waals surface area contributed by atoms with Crippen LogP contribution in [0.3, 0.4) is 0 Å². The van der Waals surface area contributed by atoms with E-state index in [1.807, 2.05) is 7.11 Å². The highest BCUT2D eigenvalue weighted by atomic mass is 16.5. The van der Waals surface area contributed by atoms with Gasteiger partial charge in [-0.2, -0.15) is 0 Å². The predicted molar refractivity (Wildman–Crippen MR) is 89.7 cm³/mol. The van der Waals surface area contributed by atoms with Crippen molar-refractivity contribution < 1.29 is 9.47 Å². The maximum Gasteiger partial charge on any atom is 0.0587 e. The van der Waals surface area contributed by atoms with Crippen molar-refractivity contribution in [2.24, 2.45) is 11.3 Å². The van der Waals surface area contributed by atoms with E-state index < -0.39 is 0 Å². The molecule has 1 N–H and O–H groups in total. The molecule has 3 heteroatoms. The van der Waals surface area contributed by atoms with Crippen LogP contribution < -0.4 is 5.32 Å². The average Bonchev–Trinajstić information content (AvgIpc) is 2.51. The van der Waals surface area contributed by atoms with Crippen molar-refractivity contribution in [1.82, 2.24) is 5.32 Å². The van der Waals surface area contributed by atoms with Gasteiger partial charge < -0.3 is 14.8 Å². The second kappa shape index (κ2) is 10.6. The van der Waals surface area contributed by atoms with Gasteiger partial charge >= 0.3 is 0 Å². The van der Waals surface area contributed by atoms with Gasteiger partial charge in [-0.05, 0) is 50.4 Å². The summed E-state index contributed by atoms with van der Waals surface area (Å²) < 4.78 is 10.7. The Morgan fingerprint density at radius 1 is 1.24 bits per heavy atom. The molecule has 0 aromatic heterocycles. The summed E-state index contributed by atoms with van der Waals surface area (Å²) in [4.78, 5) is 0. The van der Waals surface area contributed by atoms with Gasteiger partial charge in [0.25, 0.3) is 0 Å². The molecule has 1 aliphatic carbocycles. The third-order valence-corrected chi connectivity index (χ3v) is 5.24. The normalized spacial score (nSPS) is 27.7. The number of unbranched alkanes of at least 4 members (excludes halogenated alkanes) is 1. The van der Waals surface area contributed by atoms with E-state index in [0.717, 1.165) is 25.6 Å². The number of ether oxygens (including phenoxy) is 2. The number of hydrogen-bond acceptors (Lipinski definition) is 3. The Balaban J connectivity index is 2.46. The molecular weight excluding hydrogens is 262 g/mol. The smallest absolute Gasteiger partial charge is 0.0587 e. The largest absolute Gasteiger partial charge is 0.383 e. The van der Waals surface area contributed by atoms with Crippen LogP contribution in [0.1, 0.15) is 65.2 Å². The average molecular weight is 299 g/mol. The molecule has 0 amide bonds. The summed E-state index contributed by atoms with van der Waals surface area (Å²) in [7, 11) is 3.60. The highest BCUT2D eigenvalue weighted by molar-refractivity contribution is 4.89. The zero-order valence-corrected chi connectivity index (χ0v) is 14.7. The van der Waals surface area contributed by atoms with Gasteiger partial charge in [0.2, 0.25) is 0 Å². The molecule has 0 heterocycles. The lowest BCUT2D eigenvalue weighted by atomic mass is 9.67. The van der Waals surface area contributed by atoms with Crippen LogP contribution in [-0.4, -0.2) is 40.0 Å². The maximum atomic E-state index is 5.54. The maximum absolute atomic E-state index is 5.54. The van der Waals surface area contributed by atoms with Crippen LogP contribution in [-0.2, 0) is 9.47 Å². The van der Waals surface area contributed by atoms with Gasteiger partial charge in [0.05, 0.1) is 12.7 Å². The van der Waals surface area contributed by atoms with Crippen LogP contribution in [0, 0.1) is 11.3 Å². The van der Waals surface area contributed by atoms with Crippen LogP contribution in [0.4, 0.5) is 0 Å². The Hall–Kier alpha value is -0.120. The Bertz CT molecular complexity index is 250. The summed E-state index contributed by atoms with van der Waals surface area (Å²) in [6.45, 7) is 7.38. The van der Waals surface area contributed by atoms with Crippen molar-refractivity contribution in [2.75, 3.05) is 33.9 Å². The molecule has 1 atom stereocenters. The monoisotopic (exact) mass is 299 g/mol. The number of nitrogens with one attached hydrogen (secondary N) is 1. The molecule has 0 aromatic rings. The molecular formula is C18H37NO2. The van der Waals surface area contributed by atoms with E-state index >= 15 is 0 Å². The van der Waals surface area contributed by atoms with Crippen LogP contribution in [0.2, 0.25) is 0 Å². The first-order valence-electron chi connectivity index (χ1n) is 8.88. The quantitative estimate of drug-likeness (QED) is 0.585. The molecule has 3 nitrogen and oxygen atoms in total. The minimum absolute atomic E-state index is 0.362. The molecule has 21 heavy (non-hydrogen) atoms. The van der Waals surface area contributed by atoms with Gasteiger partial charge in [-0.25, -0.2) is 0 Å². The molecule has 0 saturated heterocycles. The number of hydrogen-bond donors (Lipinski definition) is 1. The van der Waals surface area contributed by atoms with E-state index in [9.17, 15) is 0 Å². The summed E-state index contributed by atoms with van der Waals surface area (Å²) in [5, 5.41) is 3.60. The summed E-state index contributed by atoms with van der Waals surface area (Å²) in [5.74, 6) is 0.968. The lowest BCUT2D eigenvalue weighted by Crippen LogP contribution is -2.41. The summed E-state index contributed by atoms with van der Waals surface area (Å²) in [5.41, 5.74) is 0.436. The topological polar surface area (TPSA) is 30.5 Å². The fourth-order valence-corrected chi connectivity index (χ4v) is 3.75. The zero-order valence-electron chi connectivity index (χ0n) is 14.7. The molecule has 1 saturated carbocycles. The van der Waals surface area contributed by atoms with Crippen molar-refractivity contribution in [3.63, 3.8) is 0 Å². The molecule has 0 radical (unpaired) electrons. The molecule has 0 aliphatic heterocycles. The third kappa shape index (κ3) is 7.12. The van der Waals surface area contributed by atoms with Crippen molar-refractivity contribution in [3.8, 4) is 0 Å². The highest BCUT2D eigenvalue weighted by Crippen LogP contribution is 2.43. The molecule has 0 bridgehead atoms. The van der Waals surface area contributed by atoms with Crippen molar-refractivity contribution in [2.45, 2.75) is 71.3 Å². The van der Waals surface area contributed by atoms with Gasteiger partial charge in [0.15, 0.2) is 0 Å². The zero-order chi connectivity index (χ0) is 15.6. The molecule has 1 aliphatic rings. The Morgan fingerprint density at radius 3 is 2.52 bits per heavy atom. The first kappa shape index (κ1) is 18.9. The summed E-state index contributed by atoms with van der Waals surface area (Å²) in [6.07, 6.45) is 11.2. The predicted octanol–water partition coefficient (Wildman–Crippen LogP) is 4.01. The first-order chi connectivity index (χ1) is 10.2. The van der Waals surface area contributed by atoms with Gasteiger partial charge in [0.1, 0.15) is 0 Å². The fourth-order valence-electron chi connectivity index (χ4n) is 3.75. The molecule has 126 valence electrons. The standard InChI is InChI=1S/C18H37NO2/c1-5-6-7-17-8-10-18(11-9-17,14-16(2)21-4)15-19-12-13-20-3/h16-17,19H,5-15H2,1-4H3. The summed E-state index contributed by atoms with van der Waals surface area (Å²) >= 11 is 0. The highest BCUT2D eigenvalue weighted by Gasteiger charge is 2.36. The van der Waals surface area contributed by atoms with Crippen LogP contribution in [0.25, 0.3) is 0 Å². The Labute approximate surface area is 132 Å². The van der Waals surface area contributed by atoms with E-state index in [1.54, 1.807) is 7.11 Å². The Kier molecular flexibility index (Phi) is 9.54.